The van der Waals surface area contributed by atoms with Gasteiger partial charge in [0.15, 0.2) is 0 Å². The van der Waals surface area contributed by atoms with E-state index in [1.807, 2.05) is 47.9 Å². The second kappa shape index (κ2) is 8.28. The van der Waals surface area contributed by atoms with Crippen LogP contribution in [0.15, 0.2) is 48.5 Å². The Kier molecular flexibility index (Phi) is 5.40. The molecule has 0 saturated carbocycles. The molecule has 3 aliphatic heterocycles. The Balaban J connectivity index is 1.54. The van der Waals surface area contributed by atoms with Crippen molar-refractivity contribution in [3.63, 3.8) is 0 Å². The fraction of sp³-hybridized carbons (Fsp3) is 0.407. The summed E-state index contributed by atoms with van der Waals surface area (Å²) in [4.78, 5) is 46.3. The van der Waals surface area contributed by atoms with Gasteiger partial charge in [0, 0.05) is 43.3 Å². The van der Waals surface area contributed by atoms with Gasteiger partial charge in [0.2, 0.25) is 5.91 Å². The lowest BCUT2D eigenvalue weighted by atomic mass is 9.67. The average Bonchev–Trinajstić information content (AvgIpc) is 3.36. The first-order chi connectivity index (χ1) is 16.4. The molecule has 2 aromatic rings. The van der Waals surface area contributed by atoms with Crippen LogP contribution in [0.3, 0.4) is 0 Å². The zero-order valence-electron chi connectivity index (χ0n) is 19.5. The highest BCUT2D eigenvalue weighted by molar-refractivity contribution is 6.03. The van der Waals surface area contributed by atoms with E-state index >= 15 is 0 Å². The maximum atomic E-state index is 13.9. The third-order valence-electron chi connectivity index (χ3n) is 7.40. The van der Waals surface area contributed by atoms with Gasteiger partial charge < -0.3 is 14.7 Å². The molecule has 174 valence electrons. The average molecular weight is 457 g/mol. The molecule has 3 aliphatic rings. The van der Waals surface area contributed by atoms with Gasteiger partial charge in [-0.15, -0.1) is 0 Å². The molecule has 3 heterocycles. The number of hydrogen-bond donors (Lipinski definition) is 0. The van der Waals surface area contributed by atoms with Gasteiger partial charge in [0.1, 0.15) is 0 Å². The molecule has 5 rings (SSSR count). The van der Waals surface area contributed by atoms with Crippen LogP contribution >= 0.6 is 0 Å². The quantitative estimate of drug-likeness (QED) is 0.711. The first-order valence-electron chi connectivity index (χ1n) is 11.9. The molecule has 2 aromatic carbocycles. The molecule has 7 nitrogen and oxygen atoms in total. The van der Waals surface area contributed by atoms with Crippen LogP contribution in [-0.4, -0.2) is 70.2 Å². The third kappa shape index (κ3) is 3.28. The van der Waals surface area contributed by atoms with Crippen molar-refractivity contribution >= 4 is 17.7 Å². The van der Waals surface area contributed by atoms with E-state index in [-0.39, 0.29) is 23.8 Å². The van der Waals surface area contributed by atoms with Crippen LogP contribution in [-0.2, 0) is 4.79 Å². The van der Waals surface area contributed by atoms with Crippen molar-refractivity contribution in [3.8, 4) is 6.07 Å². The first kappa shape index (κ1) is 22.1. The van der Waals surface area contributed by atoms with Gasteiger partial charge in [-0.2, -0.15) is 5.26 Å². The van der Waals surface area contributed by atoms with Crippen LogP contribution in [0, 0.1) is 11.3 Å². The molecular formula is C27H28N4O3. The summed E-state index contributed by atoms with van der Waals surface area (Å²) in [6.45, 7) is 6.00. The second-order valence-electron chi connectivity index (χ2n) is 9.78. The Morgan fingerprint density at radius 3 is 2.26 bits per heavy atom. The number of amides is 3. The monoisotopic (exact) mass is 456 g/mol. The van der Waals surface area contributed by atoms with Crippen LogP contribution in [0.4, 0.5) is 0 Å². The first-order valence-corrected chi connectivity index (χ1v) is 11.9. The number of fused-ring (bicyclic) bond motifs is 1. The molecule has 0 bridgehead atoms. The summed E-state index contributed by atoms with van der Waals surface area (Å²) in [6, 6.07) is 15.9. The molecule has 1 unspecified atom stereocenters. The molecule has 1 atom stereocenters. The van der Waals surface area contributed by atoms with Gasteiger partial charge in [-0.25, -0.2) is 0 Å². The molecular weight excluding hydrogens is 428 g/mol. The number of carbonyl (C=O) groups is 3. The lowest BCUT2D eigenvalue weighted by Gasteiger charge is -2.62. The molecule has 0 aliphatic carbocycles. The number of rotatable bonds is 3. The summed E-state index contributed by atoms with van der Waals surface area (Å²) < 4.78 is 0. The Morgan fingerprint density at radius 2 is 1.65 bits per heavy atom. The number of benzene rings is 2. The van der Waals surface area contributed by atoms with Gasteiger partial charge in [-0.3, -0.25) is 14.4 Å². The summed E-state index contributed by atoms with van der Waals surface area (Å²) in [7, 11) is 0. The summed E-state index contributed by atoms with van der Waals surface area (Å²) in [5.41, 5.74) is 1.56. The summed E-state index contributed by atoms with van der Waals surface area (Å²) >= 11 is 0. The van der Waals surface area contributed by atoms with E-state index in [4.69, 9.17) is 5.26 Å². The van der Waals surface area contributed by atoms with Crippen LogP contribution in [0.1, 0.15) is 64.4 Å². The van der Waals surface area contributed by atoms with Gasteiger partial charge in [0.05, 0.1) is 23.1 Å². The predicted octanol–water partition coefficient (Wildman–Crippen LogP) is 3.02. The second-order valence-corrected chi connectivity index (χ2v) is 9.78. The number of hydrogen-bond acceptors (Lipinski definition) is 4. The highest BCUT2D eigenvalue weighted by atomic mass is 16.2. The van der Waals surface area contributed by atoms with Crippen molar-refractivity contribution in [3.05, 3.63) is 70.8 Å². The zero-order valence-corrected chi connectivity index (χ0v) is 19.5. The number of nitriles is 1. The van der Waals surface area contributed by atoms with Crippen LogP contribution in [0.25, 0.3) is 0 Å². The maximum Gasteiger partial charge on any atom is 0.255 e. The molecule has 34 heavy (non-hydrogen) atoms. The Morgan fingerprint density at radius 1 is 1.00 bits per heavy atom. The van der Waals surface area contributed by atoms with E-state index in [0.717, 1.165) is 31.5 Å². The van der Waals surface area contributed by atoms with Crippen molar-refractivity contribution in [2.45, 2.75) is 44.2 Å². The van der Waals surface area contributed by atoms with E-state index in [1.165, 1.54) is 0 Å². The SMILES string of the molecule is CC(C)N1C(=O)c2ccccc2C(C(=O)N2CCCC2)C12CN(C(=O)c1ccc(C#N)cc1)C2. The molecule has 1 spiro atoms. The van der Waals surface area contributed by atoms with Gasteiger partial charge >= 0.3 is 0 Å². The lowest BCUT2D eigenvalue weighted by molar-refractivity contribution is -0.141. The van der Waals surface area contributed by atoms with Gasteiger partial charge in [0.25, 0.3) is 11.8 Å². The van der Waals surface area contributed by atoms with Crippen molar-refractivity contribution < 1.29 is 14.4 Å². The fourth-order valence-electron chi connectivity index (χ4n) is 5.90. The lowest BCUT2D eigenvalue weighted by Crippen LogP contribution is -2.78. The summed E-state index contributed by atoms with van der Waals surface area (Å²) in [6.07, 6.45) is 1.98. The highest BCUT2D eigenvalue weighted by Crippen LogP contribution is 2.48. The van der Waals surface area contributed by atoms with Gasteiger partial charge in [-0.05, 0) is 62.6 Å². The topological polar surface area (TPSA) is 84.7 Å². The number of carbonyl (C=O) groups excluding carboxylic acids is 3. The number of likely N-dealkylation sites (tertiary alicyclic amines) is 2. The van der Waals surface area contributed by atoms with E-state index in [0.29, 0.717) is 29.8 Å². The summed E-state index contributed by atoms with van der Waals surface area (Å²) in [5, 5.41) is 9.04. The largest absolute Gasteiger partial charge is 0.342 e. The van der Waals surface area contributed by atoms with Crippen molar-refractivity contribution in [2.75, 3.05) is 26.2 Å². The predicted molar refractivity (Wildman–Crippen MR) is 126 cm³/mol. The molecule has 0 N–H and O–H groups in total. The number of nitrogens with zero attached hydrogens (tertiary/aromatic N) is 4. The standard InChI is InChI=1S/C27H28N4O3/c1-18(2)31-25(33)22-8-4-3-7-21(22)23(26(34)29-13-5-6-14-29)27(31)16-30(17-27)24(32)20-11-9-19(15-28)10-12-20/h3-4,7-12,18,23H,5-6,13-14,16-17H2,1-2H3. The van der Waals surface area contributed by atoms with E-state index in [1.54, 1.807) is 29.2 Å². The minimum absolute atomic E-state index is 0.0496. The Hall–Kier alpha value is -3.66. The molecule has 7 heteroatoms. The summed E-state index contributed by atoms with van der Waals surface area (Å²) in [5.74, 6) is -0.695. The van der Waals surface area contributed by atoms with E-state index in [2.05, 4.69) is 6.07 Å². The smallest absolute Gasteiger partial charge is 0.255 e. The zero-order chi connectivity index (χ0) is 24.0. The van der Waals surface area contributed by atoms with E-state index < -0.39 is 11.5 Å². The van der Waals surface area contributed by atoms with Crippen LogP contribution < -0.4 is 0 Å². The molecule has 3 amide bonds. The normalized spacial score (nSPS) is 20.8. The van der Waals surface area contributed by atoms with Crippen LogP contribution in [0.2, 0.25) is 0 Å². The molecule has 0 aromatic heterocycles. The van der Waals surface area contributed by atoms with Crippen LogP contribution in [0.5, 0.6) is 0 Å². The third-order valence-corrected chi connectivity index (χ3v) is 7.40. The van der Waals surface area contributed by atoms with Crippen molar-refractivity contribution in [2.24, 2.45) is 0 Å². The molecule has 2 saturated heterocycles. The van der Waals surface area contributed by atoms with Gasteiger partial charge in [-0.1, -0.05) is 18.2 Å². The molecule has 2 fully saturated rings. The minimum Gasteiger partial charge on any atom is -0.342 e. The van der Waals surface area contributed by atoms with Crippen molar-refractivity contribution in [1.29, 1.82) is 5.26 Å². The van der Waals surface area contributed by atoms with Crippen molar-refractivity contribution in [1.82, 2.24) is 14.7 Å². The maximum absolute atomic E-state index is 13.9. The highest BCUT2D eigenvalue weighted by Gasteiger charge is 2.62. The fourth-order valence-corrected chi connectivity index (χ4v) is 5.90. The Bertz CT molecular complexity index is 1190. The van der Waals surface area contributed by atoms with E-state index in [9.17, 15) is 14.4 Å². The minimum atomic E-state index is -0.776. The Labute approximate surface area is 199 Å². The molecule has 0 radical (unpaired) electrons.